The molecule has 1 aliphatic heterocycles. The molecule has 4 rings (SSSR count). The number of piperidine rings is 1. The first-order valence-electron chi connectivity index (χ1n) is 9.12. The van der Waals surface area contributed by atoms with Crippen molar-refractivity contribution >= 4 is 27.8 Å². The molecular weight excluding hydrogens is 442 g/mol. The maximum Gasteiger partial charge on any atom is 0.359 e. The number of halogens is 1. The zero-order valence-corrected chi connectivity index (χ0v) is 17.1. The molecule has 0 spiro atoms. The Bertz CT molecular complexity index is 1050. The normalized spacial score (nSPS) is 19.3. The Morgan fingerprint density at radius 3 is 2.62 bits per heavy atom. The molecule has 1 N–H and O–H groups in total. The number of likely N-dealkylation sites (tertiary alicyclic amines) is 1. The molecule has 1 saturated heterocycles. The van der Waals surface area contributed by atoms with E-state index in [0.717, 1.165) is 12.8 Å². The van der Waals surface area contributed by atoms with Crippen LogP contribution >= 0.6 is 15.9 Å². The number of carboxylic acids is 1. The Labute approximate surface area is 174 Å². The number of oxazole rings is 1. The van der Waals surface area contributed by atoms with Gasteiger partial charge in [0.2, 0.25) is 16.3 Å². The summed E-state index contributed by atoms with van der Waals surface area (Å²) in [6.07, 6.45) is 4.61. The van der Waals surface area contributed by atoms with Gasteiger partial charge < -0.3 is 14.4 Å². The van der Waals surface area contributed by atoms with Crippen molar-refractivity contribution in [1.29, 1.82) is 0 Å². The minimum absolute atomic E-state index is 0.0229. The molecule has 9 nitrogen and oxygen atoms in total. The highest BCUT2D eigenvalue weighted by Gasteiger charge is 2.34. The van der Waals surface area contributed by atoms with Gasteiger partial charge in [0.1, 0.15) is 0 Å². The summed E-state index contributed by atoms with van der Waals surface area (Å²) in [5.74, 6) is -1.17. The summed E-state index contributed by atoms with van der Waals surface area (Å²) < 4.78 is 5.62. The van der Waals surface area contributed by atoms with E-state index in [2.05, 4.69) is 31.1 Å². The number of carbonyl (C=O) groups excluding carboxylic acids is 1. The number of rotatable bonds is 4. The van der Waals surface area contributed by atoms with E-state index in [1.807, 2.05) is 13.0 Å². The molecule has 0 aliphatic carbocycles. The average molecular weight is 460 g/mol. The summed E-state index contributed by atoms with van der Waals surface area (Å²) in [6.45, 7) is 2.38. The second-order valence-electron chi connectivity index (χ2n) is 6.90. The van der Waals surface area contributed by atoms with E-state index < -0.39 is 5.97 Å². The van der Waals surface area contributed by atoms with Crippen molar-refractivity contribution in [1.82, 2.24) is 24.9 Å². The van der Waals surface area contributed by atoms with Gasteiger partial charge in [0, 0.05) is 12.6 Å². The van der Waals surface area contributed by atoms with E-state index in [1.54, 1.807) is 35.5 Å². The Balaban J connectivity index is 1.62. The van der Waals surface area contributed by atoms with E-state index in [9.17, 15) is 14.7 Å². The van der Waals surface area contributed by atoms with Crippen molar-refractivity contribution in [2.24, 2.45) is 0 Å². The average Bonchev–Trinajstić information content (AvgIpc) is 3.38. The van der Waals surface area contributed by atoms with Crippen LogP contribution in [0.2, 0.25) is 0 Å². The summed E-state index contributed by atoms with van der Waals surface area (Å²) in [7, 11) is 0. The molecule has 2 atom stereocenters. The van der Waals surface area contributed by atoms with E-state index in [4.69, 9.17) is 4.42 Å². The highest BCUT2D eigenvalue weighted by Crippen LogP contribution is 2.33. The number of nitrogens with zero attached hydrogens (tertiary/aromatic N) is 5. The first-order chi connectivity index (χ1) is 14.0. The minimum atomic E-state index is -1.16. The van der Waals surface area contributed by atoms with Crippen LogP contribution in [-0.2, 0) is 0 Å². The van der Waals surface area contributed by atoms with Crippen molar-refractivity contribution in [3.8, 4) is 5.69 Å². The molecule has 29 heavy (non-hydrogen) atoms. The lowest BCUT2D eigenvalue weighted by Gasteiger charge is -2.37. The molecule has 2 aromatic heterocycles. The molecule has 10 heteroatoms. The Morgan fingerprint density at radius 2 is 1.93 bits per heavy atom. The van der Waals surface area contributed by atoms with Gasteiger partial charge in [-0.25, -0.2) is 9.78 Å². The van der Waals surface area contributed by atoms with Crippen LogP contribution in [-0.4, -0.2) is 54.4 Å². The van der Waals surface area contributed by atoms with Crippen LogP contribution < -0.4 is 0 Å². The Morgan fingerprint density at radius 1 is 1.21 bits per heavy atom. The van der Waals surface area contributed by atoms with Crippen LogP contribution in [0.1, 0.15) is 52.4 Å². The summed E-state index contributed by atoms with van der Waals surface area (Å²) in [6, 6.07) is 7.20. The Hall–Kier alpha value is -3.01. The van der Waals surface area contributed by atoms with Gasteiger partial charge in [0.15, 0.2) is 0 Å². The fourth-order valence-corrected chi connectivity index (χ4v) is 3.96. The molecule has 0 saturated carbocycles. The molecule has 3 aromatic rings. The third-order valence-electron chi connectivity index (χ3n) is 5.07. The number of amides is 1. The lowest BCUT2D eigenvalue weighted by molar-refractivity contribution is 0.0594. The highest BCUT2D eigenvalue weighted by molar-refractivity contribution is 9.10. The Kier molecular flexibility index (Phi) is 5.18. The second-order valence-corrected chi connectivity index (χ2v) is 7.62. The SMILES string of the molecule is C[C@@H]1CC[C@@H](c2nc(C(=O)O)c(Br)o2)CN1C(=O)c1ccccc1-n1nccn1. The summed E-state index contributed by atoms with van der Waals surface area (Å²) in [5, 5.41) is 17.5. The van der Waals surface area contributed by atoms with Crippen LogP contribution in [0.15, 0.2) is 45.7 Å². The van der Waals surface area contributed by atoms with Crippen molar-refractivity contribution in [3.05, 3.63) is 58.5 Å². The topological polar surface area (TPSA) is 114 Å². The monoisotopic (exact) mass is 459 g/mol. The number of hydrogen-bond donors (Lipinski definition) is 1. The largest absolute Gasteiger partial charge is 0.476 e. The molecular formula is C19H18BrN5O4. The summed E-state index contributed by atoms with van der Waals surface area (Å²) >= 11 is 3.10. The number of hydrogen-bond acceptors (Lipinski definition) is 6. The van der Waals surface area contributed by atoms with E-state index in [0.29, 0.717) is 23.7 Å². The zero-order chi connectivity index (χ0) is 20.5. The molecule has 1 fully saturated rings. The van der Waals surface area contributed by atoms with E-state index >= 15 is 0 Å². The first-order valence-corrected chi connectivity index (χ1v) is 9.91. The quantitative estimate of drug-likeness (QED) is 0.636. The number of benzene rings is 1. The molecule has 0 bridgehead atoms. The molecule has 1 aliphatic rings. The van der Waals surface area contributed by atoms with Gasteiger partial charge in [-0.1, -0.05) is 12.1 Å². The molecule has 1 aromatic carbocycles. The van der Waals surface area contributed by atoms with Crippen molar-refractivity contribution in [2.45, 2.75) is 31.7 Å². The number of aromatic nitrogens is 4. The predicted octanol–water partition coefficient (Wildman–Crippen LogP) is 3.12. The van der Waals surface area contributed by atoms with Crippen LogP contribution in [0.25, 0.3) is 5.69 Å². The van der Waals surface area contributed by atoms with Crippen LogP contribution in [0.5, 0.6) is 0 Å². The maximum absolute atomic E-state index is 13.4. The van der Waals surface area contributed by atoms with Crippen LogP contribution in [0.4, 0.5) is 0 Å². The van der Waals surface area contributed by atoms with Crippen molar-refractivity contribution in [2.75, 3.05) is 6.54 Å². The van der Waals surface area contributed by atoms with Crippen molar-refractivity contribution < 1.29 is 19.1 Å². The van der Waals surface area contributed by atoms with E-state index in [1.165, 1.54) is 4.80 Å². The van der Waals surface area contributed by atoms with Gasteiger partial charge in [-0.05, 0) is 47.8 Å². The van der Waals surface area contributed by atoms with E-state index in [-0.39, 0.29) is 28.2 Å². The van der Waals surface area contributed by atoms with Crippen molar-refractivity contribution in [3.63, 3.8) is 0 Å². The number of carboxylic acid groups (broad SMARTS) is 1. The molecule has 0 radical (unpaired) electrons. The lowest BCUT2D eigenvalue weighted by Crippen LogP contribution is -2.45. The van der Waals surface area contributed by atoms with Gasteiger partial charge in [-0.15, -0.1) is 0 Å². The zero-order valence-electron chi connectivity index (χ0n) is 15.5. The third kappa shape index (κ3) is 3.67. The van der Waals surface area contributed by atoms with Gasteiger partial charge in [0.25, 0.3) is 5.91 Å². The standard InChI is InChI=1S/C19H18BrN5O4/c1-11-6-7-12(17-23-15(19(27)28)16(20)29-17)10-24(11)18(26)13-4-2-3-5-14(13)25-21-8-9-22-25/h2-5,8-9,11-12H,6-7,10H2,1H3,(H,27,28)/t11-,12-/m1/s1. The minimum Gasteiger partial charge on any atom is -0.476 e. The van der Waals surface area contributed by atoms with Gasteiger partial charge in [0.05, 0.1) is 29.6 Å². The number of para-hydroxylation sites is 1. The smallest absolute Gasteiger partial charge is 0.359 e. The number of aromatic carboxylic acids is 1. The predicted molar refractivity (Wildman–Crippen MR) is 105 cm³/mol. The first kappa shape index (κ1) is 19.3. The van der Waals surface area contributed by atoms with Crippen LogP contribution in [0, 0.1) is 0 Å². The third-order valence-corrected chi connectivity index (χ3v) is 5.60. The summed E-state index contributed by atoms with van der Waals surface area (Å²) in [5.41, 5.74) is 0.937. The van der Waals surface area contributed by atoms with Crippen LogP contribution in [0.3, 0.4) is 0 Å². The molecule has 1 amide bonds. The summed E-state index contributed by atoms with van der Waals surface area (Å²) in [4.78, 5) is 31.9. The maximum atomic E-state index is 13.4. The van der Waals surface area contributed by atoms with Gasteiger partial charge in [-0.3, -0.25) is 4.79 Å². The fraction of sp³-hybridized carbons (Fsp3) is 0.316. The van der Waals surface area contributed by atoms with Gasteiger partial charge >= 0.3 is 5.97 Å². The lowest BCUT2D eigenvalue weighted by atomic mass is 9.92. The fourth-order valence-electron chi connectivity index (χ4n) is 3.54. The second kappa shape index (κ2) is 7.78. The number of carbonyl (C=O) groups is 2. The molecule has 150 valence electrons. The highest BCUT2D eigenvalue weighted by atomic mass is 79.9. The molecule has 0 unspecified atom stereocenters. The van der Waals surface area contributed by atoms with Gasteiger partial charge in [-0.2, -0.15) is 15.0 Å². The molecule has 3 heterocycles.